The zero-order chi connectivity index (χ0) is 14.8. The van der Waals surface area contributed by atoms with Crippen molar-refractivity contribution in [2.45, 2.75) is 24.8 Å². The van der Waals surface area contributed by atoms with E-state index in [1.54, 1.807) is 17.8 Å². The Balaban J connectivity index is 2.04. The number of sulfonamides is 1. The van der Waals surface area contributed by atoms with Gasteiger partial charge in [0.2, 0.25) is 10.0 Å². The van der Waals surface area contributed by atoms with Gasteiger partial charge >= 0.3 is 0 Å². The Labute approximate surface area is 117 Å². The number of hydrogen-bond acceptors (Lipinski definition) is 5. The lowest BCUT2D eigenvalue weighted by Gasteiger charge is -2.05. The number of furan rings is 1. The van der Waals surface area contributed by atoms with Gasteiger partial charge in [0, 0.05) is 38.0 Å². The van der Waals surface area contributed by atoms with E-state index in [4.69, 9.17) is 10.2 Å². The molecule has 0 amide bonds. The van der Waals surface area contributed by atoms with Crippen LogP contribution in [0.4, 0.5) is 0 Å². The average Bonchev–Trinajstić information content (AvgIpc) is 2.96. The average molecular weight is 298 g/mol. The summed E-state index contributed by atoms with van der Waals surface area (Å²) in [6, 6.07) is 3.31. The molecule has 0 spiro atoms. The SMILES string of the molecule is Cc1oc(CN)cc1S(=O)(=O)NCCc1ccnn1C. The first-order valence-electron chi connectivity index (χ1n) is 6.20. The maximum absolute atomic E-state index is 12.2. The van der Waals surface area contributed by atoms with Gasteiger partial charge in [-0.25, -0.2) is 13.1 Å². The fourth-order valence-electron chi connectivity index (χ4n) is 1.93. The summed E-state index contributed by atoms with van der Waals surface area (Å²) in [4.78, 5) is 0.142. The first-order chi connectivity index (χ1) is 9.44. The van der Waals surface area contributed by atoms with Crippen LogP contribution in [-0.2, 0) is 30.0 Å². The highest BCUT2D eigenvalue weighted by molar-refractivity contribution is 7.89. The molecule has 0 radical (unpaired) electrons. The maximum Gasteiger partial charge on any atom is 0.244 e. The minimum absolute atomic E-state index is 0.142. The predicted molar refractivity (Wildman–Crippen MR) is 73.4 cm³/mol. The molecule has 0 aromatic carbocycles. The third kappa shape index (κ3) is 3.09. The highest BCUT2D eigenvalue weighted by atomic mass is 32.2. The minimum Gasteiger partial charge on any atom is -0.464 e. The largest absolute Gasteiger partial charge is 0.464 e. The molecule has 0 aliphatic carbocycles. The molecule has 0 bridgehead atoms. The molecule has 2 aromatic heterocycles. The van der Waals surface area contributed by atoms with Crippen LogP contribution in [0.25, 0.3) is 0 Å². The van der Waals surface area contributed by atoms with E-state index >= 15 is 0 Å². The van der Waals surface area contributed by atoms with E-state index in [-0.39, 0.29) is 11.4 Å². The molecule has 8 heteroatoms. The molecule has 0 saturated heterocycles. The van der Waals surface area contributed by atoms with Crippen LogP contribution < -0.4 is 10.5 Å². The molecule has 2 rings (SSSR count). The van der Waals surface area contributed by atoms with E-state index in [1.165, 1.54) is 6.07 Å². The van der Waals surface area contributed by atoms with Crippen LogP contribution in [0.5, 0.6) is 0 Å². The lowest BCUT2D eigenvalue weighted by atomic mass is 10.3. The van der Waals surface area contributed by atoms with Crippen LogP contribution in [0, 0.1) is 6.92 Å². The molecule has 0 unspecified atom stereocenters. The Morgan fingerprint density at radius 3 is 2.80 bits per heavy atom. The molecule has 0 fully saturated rings. The highest BCUT2D eigenvalue weighted by Crippen LogP contribution is 2.19. The van der Waals surface area contributed by atoms with Crippen molar-refractivity contribution in [2.24, 2.45) is 12.8 Å². The normalized spacial score (nSPS) is 11.9. The molecule has 20 heavy (non-hydrogen) atoms. The smallest absolute Gasteiger partial charge is 0.244 e. The third-order valence-electron chi connectivity index (χ3n) is 3.01. The maximum atomic E-state index is 12.2. The van der Waals surface area contributed by atoms with Crippen LogP contribution in [0.1, 0.15) is 17.2 Å². The van der Waals surface area contributed by atoms with Crippen LogP contribution >= 0.6 is 0 Å². The molecule has 0 saturated carbocycles. The standard InChI is InChI=1S/C12H18N4O3S/c1-9-12(7-11(8-13)19-9)20(17,18)15-6-4-10-3-5-14-16(10)2/h3,5,7,15H,4,6,8,13H2,1-2H3. The number of nitrogens with zero attached hydrogens (tertiary/aromatic N) is 2. The van der Waals surface area contributed by atoms with Gasteiger partial charge in [0.05, 0.1) is 6.54 Å². The molecule has 3 N–H and O–H groups in total. The highest BCUT2D eigenvalue weighted by Gasteiger charge is 2.20. The van der Waals surface area contributed by atoms with Crippen LogP contribution in [0.15, 0.2) is 27.6 Å². The van der Waals surface area contributed by atoms with E-state index in [0.29, 0.717) is 24.5 Å². The molecule has 0 atom stereocenters. The Hall–Kier alpha value is -1.64. The second-order valence-corrected chi connectivity index (χ2v) is 6.17. The van der Waals surface area contributed by atoms with Crippen molar-refractivity contribution in [1.29, 1.82) is 0 Å². The van der Waals surface area contributed by atoms with Crippen molar-refractivity contribution < 1.29 is 12.8 Å². The summed E-state index contributed by atoms with van der Waals surface area (Å²) in [6.45, 7) is 2.07. The summed E-state index contributed by atoms with van der Waals surface area (Å²) in [5.41, 5.74) is 6.40. The van der Waals surface area contributed by atoms with Gasteiger partial charge in [-0.2, -0.15) is 5.10 Å². The summed E-state index contributed by atoms with van der Waals surface area (Å²) in [7, 11) is -1.76. The Kier molecular flexibility index (Phi) is 4.26. The molecular formula is C12H18N4O3S. The van der Waals surface area contributed by atoms with Gasteiger partial charge in [-0.05, 0) is 13.0 Å². The molecule has 7 nitrogen and oxygen atoms in total. The first-order valence-corrected chi connectivity index (χ1v) is 7.68. The van der Waals surface area contributed by atoms with Gasteiger partial charge < -0.3 is 10.2 Å². The van der Waals surface area contributed by atoms with Crippen molar-refractivity contribution in [1.82, 2.24) is 14.5 Å². The summed E-state index contributed by atoms with van der Waals surface area (Å²) < 4.78 is 33.8. The summed E-state index contributed by atoms with van der Waals surface area (Å²) in [5.74, 6) is 0.799. The number of nitrogens with one attached hydrogen (secondary N) is 1. The molecule has 2 heterocycles. The quantitative estimate of drug-likeness (QED) is 0.798. The van der Waals surface area contributed by atoms with Gasteiger partial charge in [-0.1, -0.05) is 0 Å². The van der Waals surface area contributed by atoms with Gasteiger partial charge in [0.25, 0.3) is 0 Å². The molecule has 110 valence electrons. The molecule has 0 aliphatic rings. The number of rotatable bonds is 6. The van der Waals surface area contributed by atoms with E-state index in [1.807, 2.05) is 13.1 Å². The third-order valence-corrected chi connectivity index (χ3v) is 4.58. The van der Waals surface area contributed by atoms with Crippen LogP contribution in [0.2, 0.25) is 0 Å². The Morgan fingerprint density at radius 2 is 2.25 bits per heavy atom. The van der Waals surface area contributed by atoms with Crippen LogP contribution in [0.3, 0.4) is 0 Å². The number of aryl methyl sites for hydroxylation is 2. The molecule has 2 aromatic rings. The van der Waals surface area contributed by atoms with E-state index < -0.39 is 10.0 Å². The lowest BCUT2D eigenvalue weighted by molar-refractivity contribution is 0.478. The molecular weight excluding hydrogens is 280 g/mol. The monoisotopic (exact) mass is 298 g/mol. The van der Waals surface area contributed by atoms with Gasteiger partial charge in [0.15, 0.2) is 0 Å². The first kappa shape index (κ1) is 14.8. The number of nitrogens with two attached hydrogens (primary N) is 1. The lowest BCUT2D eigenvalue weighted by Crippen LogP contribution is -2.26. The predicted octanol–water partition coefficient (Wildman–Crippen LogP) is 0.301. The van der Waals surface area contributed by atoms with Crippen molar-refractivity contribution in [3.63, 3.8) is 0 Å². The van der Waals surface area contributed by atoms with Crippen molar-refractivity contribution in [2.75, 3.05) is 6.54 Å². The fourth-order valence-corrected chi connectivity index (χ4v) is 3.16. The van der Waals surface area contributed by atoms with Crippen molar-refractivity contribution in [3.05, 3.63) is 35.5 Å². The van der Waals surface area contributed by atoms with Crippen molar-refractivity contribution >= 4 is 10.0 Å². The van der Waals surface area contributed by atoms with E-state index in [0.717, 1.165) is 5.69 Å². The van der Waals surface area contributed by atoms with Crippen molar-refractivity contribution in [3.8, 4) is 0 Å². The van der Waals surface area contributed by atoms with Gasteiger partial charge in [0.1, 0.15) is 16.4 Å². The zero-order valence-electron chi connectivity index (χ0n) is 11.5. The van der Waals surface area contributed by atoms with Crippen LogP contribution in [-0.4, -0.2) is 24.7 Å². The second-order valence-electron chi connectivity index (χ2n) is 4.43. The van der Waals surface area contributed by atoms with E-state index in [2.05, 4.69) is 9.82 Å². The summed E-state index contributed by atoms with van der Waals surface area (Å²) in [5, 5.41) is 4.03. The van der Waals surface area contributed by atoms with E-state index in [9.17, 15) is 8.42 Å². The minimum atomic E-state index is -3.58. The zero-order valence-corrected chi connectivity index (χ0v) is 12.3. The summed E-state index contributed by atoms with van der Waals surface area (Å²) in [6.07, 6.45) is 2.24. The Morgan fingerprint density at radius 1 is 1.50 bits per heavy atom. The second kappa shape index (κ2) is 5.78. The fraction of sp³-hybridized carbons (Fsp3) is 0.417. The number of hydrogen-bond donors (Lipinski definition) is 2. The molecule has 0 aliphatic heterocycles. The van der Waals surface area contributed by atoms with Gasteiger partial charge in [-0.15, -0.1) is 0 Å². The Bertz CT molecular complexity index is 687. The summed E-state index contributed by atoms with van der Waals surface area (Å²) >= 11 is 0. The van der Waals surface area contributed by atoms with Gasteiger partial charge in [-0.3, -0.25) is 4.68 Å². The topological polar surface area (TPSA) is 103 Å². The number of aromatic nitrogens is 2.